The molecular weight excluding hydrogens is 625 g/mol. The first kappa shape index (κ1) is 30.4. The highest BCUT2D eigenvalue weighted by Gasteiger charge is 2.26. The molecule has 2 heterocycles. The van der Waals surface area contributed by atoms with Gasteiger partial charge in [0, 0.05) is 22.3 Å². The summed E-state index contributed by atoms with van der Waals surface area (Å²) in [6.45, 7) is 0. The van der Waals surface area contributed by atoms with Gasteiger partial charge in [-0.2, -0.15) is 5.43 Å². The van der Waals surface area contributed by atoms with Crippen LogP contribution < -0.4 is 5.43 Å². The summed E-state index contributed by atoms with van der Waals surface area (Å²) in [5, 5.41) is 6.94. The SMILES string of the molecule is c1ccc(-c2cc(-c3cccc(-c4ccc5cc(-c6ccc(C7=N[NH2+]C(c8ccccc8)O7)cc6)ccc5c4)c3)nc(-c3ccccc3)n2)cc1. The smallest absolute Gasteiger partial charge is 0.283 e. The van der Waals surface area contributed by atoms with Crippen molar-refractivity contribution in [1.82, 2.24) is 9.97 Å². The third-order valence-corrected chi connectivity index (χ3v) is 9.32. The van der Waals surface area contributed by atoms with Gasteiger partial charge in [0.05, 0.1) is 17.0 Å². The Bertz CT molecular complexity index is 2460. The van der Waals surface area contributed by atoms with E-state index in [4.69, 9.17) is 14.7 Å². The molecule has 0 saturated carbocycles. The van der Waals surface area contributed by atoms with Gasteiger partial charge in [-0.25, -0.2) is 9.97 Å². The molecule has 8 aromatic rings. The lowest BCUT2D eigenvalue weighted by Crippen LogP contribution is -2.77. The van der Waals surface area contributed by atoms with Crippen LogP contribution in [-0.4, -0.2) is 15.9 Å². The average molecular weight is 658 g/mol. The van der Waals surface area contributed by atoms with E-state index in [9.17, 15) is 0 Å². The molecule has 0 amide bonds. The van der Waals surface area contributed by atoms with E-state index in [1.165, 1.54) is 16.3 Å². The van der Waals surface area contributed by atoms with E-state index in [1.54, 1.807) is 0 Å². The molecule has 1 atom stereocenters. The summed E-state index contributed by atoms with van der Waals surface area (Å²) in [7, 11) is 0. The highest BCUT2D eigenvalue weighted by atomic mass is 16.5. The predicted molar refractivity (Wildman–Crippen MR) is 205 cm³/mol. The number of ether oxygens (including phenoxy) is 1. The second kappa shape index (κ2) is 13.3. The zero-order valence-electron chi connectivity index (χ0n) is 27.7. The number of nitrogens with two attached hydrogens (primary N) is 1. The number of nitrogens with zero attached hydrogens (tertiary/aromatic N) is 3. The first-order chi connectivity index (χ1) is 25.2. The summed E-state index contributed by atoms with van der Waals surface area (Å²) in [5.41, 5.74) is 13.4. The van der Waals surface area contributed by atoms with Crippen molar-refractivity contribution in [1.29, 1.82) is 0 Å². The lowest BCUT2D eigenvalue weighted by molar-refractivity contribution is -0.719. The number of rotatable bonds is 7. The van der Waals surface area contributed by atoms with Gasteiger partial charge in [-0.05, 0) is 86.7 Å². The van der Waals surface area contributed by atoms with E-state index in [1.807, 2.05) is 60.0 Å². The Kier molecular flexibility index (Phi) is 7.93. The number of fused-ring (bicyclic) bond motifs is 1. The van der Waals surface area contributed by atoms with Crippen LogP contribution in [0.15, 0.2) is 187 Å². The fourth-order valence-electron chi connectivity index (χ4n) is 6.59. The molecule has 1 aliphatic heterocycles. The summed E-state index contributed by atoms with van der Waals surface area (Å²) in [6, 6.07) is 63.1. The van der Waals surface area contributed by atoms with Crippen LogP contribution in [0.2, 0.25) is 0 Å². The van der Waals surface area contributed by atoms with Crippen LogP contribution in [-0.2, 0) is 4.74 Å². The predicted octanol–water partition coefficient (Wildman–Crippen LogP) is 9.92. The average Bonchev–Trinajstić information content (AvgIpc) is 3.72. The molecule has 5 heteroatoms. The van der Waals surface area contributed by atoms with Crippen molar-refractivity contribution in [2.24, 2.45) is 5.10 Å². The Balaban J connectivity index is 0.978. The minimum Gasteiger partial charge on any atom is -0.414 e. The van der Waals surface area contributed by atoms with Crippen LogP contribution in [0, 0.1) is 0 Å². The van der Waals surface area contributed by atoms with Crippen LogP contribution in [0.25, 0.3) is 66.9 Å². The highest BCUT2D eigenvalue weighted by molar-refractivity contribution is 5.95. The maximum absolute atomic E-state index is 6.15. The van der Waals surface area contributed by atoms with Gasteiger partial charge in [0.1, 0.15) is 0 Å². The Morgan fingerprint density at radius 2 is 0.902 bits per heavy atom. The van der Waals surface area contributed by atoms with Gasteiger partial charge in [-0.1, -0.05) is 133 Å². The molecule has 2 N–H and O–H groups in total. The molecule has 1 unspecified atom stereocenters. The van der Waals surface area contributed by atoms with Crippen molar-refractivity contribution in [3.05, 3.63) is 193 Å². The normalized spacial score (nSPS) is 13.9. The standard InChI is InChI=1S/C46H32N4O/c1-4-11-32(12-5-1)42-30-43(48-44(47-42)33-13-6-2-7-14-33)41-18-10-17-36(29-41)38-25-26-39-27-37(23-24-40(39)28-38)31-19-21-35(22-20-31)46-50-49-45(51-46)34-15-8-3-9-16-34/h1-30,45,49H/p+1. The number of aromatic nitrogens is 2. The fourth-order valence-corrected chi connectivity index (χ4v) is 6.59. The molecule has 1 aromatic heterocycles. The van der Waals surface area contributed by atoms with E-state index in [2.05, 4.69) is 132 Å². The van der Waals surface area contributed by atoms with Crippen LogP contribution in [0.3, 0.4) is 0 Å². The monoisotopic (exact) mass is 657 g/mol. The minimum absolute atomic E-state index is 0.152. The van der Waals surface area contributed by atoms with E-state index in [-0.39, 0.29) is 6.23 Å². The van der Waals surface area contributed by atoms with Gasteiger partial charge in [0.15, 0.2) is 5.82 Å². The van der Waals surface area contributed by atoms with Crippen LogP contribution in [0.5, 0.6) is 0 Å². The number of quaternary nitrogens is 1. The number of benzene rings is 7. The zero-order valence-corrected chi connectivity index (χ0v) is 27.7. The van der Waals surface area contributed by atoms with Crippen LogP contribution in [0.1, 0.15) is 17.4 Å². The van der Waals surface area contributed by atoms with Gasteiger partial charge in [-0.3, -0.25) is 0 Å². The molecule has 5 nitrogen and oxygen atoms in total. The molecule has 0 radical (unpaired) electrons. The van der Waals surface area contributed by atoms with E-state index in [0.29, 0.717) is 11.7 Å². The second-order valence-electron chi connectivity index (χ2n) is 12.7. The van der Waals surface area contributed by atoms with Crippen molar-refractivity contribution >= 4 is 16.7 Å². The molecule has 242 valence electrons. The lowest BCUT2D eigenvalue weighted by atomic mass is 9.96. The van der Waals surface area contributed by atoms with Gasteiger partial charge in [0.25, 0.3) is 12.1 Å². The highest BCUT2D eigenvalue weighted by Crippen LogP contribution is 2.33. The second-order valence-corrected chi connectivity index (χ2v) is 12.7. The topological polar surface area (TPSA) is 64.0 Å². The Labute approximate surface area is 296 Å². The van der Waals surface area contributed by atoms with Gasteiger partial charge >= 0.3 is 0 Å². The zero-order chi connectivity index (χ0) is 34.0. The van der Waals surface area contributed by atoms with E-state index < -0.39 is 0 Å². The quantitative estimate of drug-likeness (QED) is 0.174. The van der Waals surface area contributed by atoms with Crippen molar-refractivity contribution < 1.29 is 10.2 Å². The molecule has 51 heavy (non-hydrogen) atoms. The Morgan fingerprint density at radius 1 is 0.392 bits per heavy atom. The number of hydrogen-bond donors (Lipinski definition) is 1. The van der Waals surface area contributed by atoms with Crippen molar-refractivity contribution in [3.8, 4) is 56.2 Å². The maximum Gasteiger partial charge on any atom is 0.283 e. The van der Waals surface area contributed by atoms with Crippen LogP contribution in [0.4, 0.5) is 0 Å². The van der Waals surface area contributed by atoms with E-state index in [0.717, 1.165) is 55.9 Å². The Hall–Kier alpha value is -6.69. The summed E-state index contributed by atoms with van der Waals surface area (Å²) in [5.74, 6) is 1.36. The van der Waals surface area contributed by atoms with E-state index >= 15 is 0 Å². The van der Waals surface area contributed by atoms with Crippen molar-refractivity contribution in [3.63, 3.8) is 0 Å². The summed E-state index contributed by atoms with van der Waals surface area (Å²) in [6.07, 6.45) is -0.152. The first-order valence-corrected chi connectivity index (χ1v) is 17.1. The summed E-state index contributed by atoms with van der Waals surface area (Å²) < 4.78 is 6.15. The maximum atomic E-state index is 6.15. The molecule has 0 fully saturated rings. The molecule has 0 saturated heterocycles. The van der Waals surface area contributed by atoms with Gasteiger partial charge < -0.3 is 4.74 Å². The first-order valence-electron chi connectivity index (χ1n) is 17.1. The molecule has 7 aromatic carbocycles. The molecule has 0 bridgehead atoms. The third-order valence-electron chi connectivity index (χ3n) is 9.32. The summed E-state index contributed by atoms with van der Waals surface area (Å²) >= 11 is 0. The van der Waals surface area contributed by atoms with Gasteiger partial charge in [0.2, 0.25) is 0 Å². The molecule has 0 aliphatic carbocycles. The molecule has 1 aliphatic rings. The fraction of sp³-hybridized carbons (Fsp3) is 0.0217. The van der Waals surface area contributed by atoms with Crippen molar-refractivity contribution in [2.75, 3.05) is 0 Å². The number of hydrogen-bond acceptors (Lipinski definition) is 4. The summed E-state index contributed by atoms with van der Waals surface area (Å²) in [4.78, 5) is 10.00. The van der Waals surface area contributed by atoms with Gasteiger partial charge in [-0.15, -0.1) is 0 Å². The minimum atomic E-state index is -0.152. The Morgan fingerprint density at radius 3 is 1.59 bits per heavy atom. The van der Waals surface area contributed by atoms with Crippen LogP contribution >= 0.6 is 0 Å². The largest absolute Gasteiger partial charge is 0.414 e. The lowest BCUT2D eigenvalue weighted by Gasteiger charge is -2.11. The van der Waals surface area contributed by atoms with Crippen molar-refractivity contribution in [2.45, 2.75) is 6.23 Å². The molecule has 9 rings (SSSR count). The molecule has 0 spiro atoms. The third kappa shape index (κ3) is 6.30. The molecular formula is C46H33N4O+.